The molecule has 0 saturated heterocycles. The zero-order chi connectivity index (χ0) is 15.5. The van der Waals surface area contributed by atoms with Gasteiger partial charge in [-0.15, -0.1) is 11.8 Å². The summed E-state index contributed by atoms with van der Waals surface area (Å²) in [4.78, 5) is 12.0. The van der Waals surface area contributed by atoms with Gasteiger partial charge in [0.2, 0.25) is 5.91 Å². The first kappa shape index (κ1) is 15.2. The van der Waals surface area contributed by atoms with E-state index in [1.807, 2.05) is 36.4 Å². The van der Waals surface area contributed by atoms with Crippen molar-refractivity contribution in [2.24, 2.45) is 11.3 Å². The normalized spacial score (nSPS) is 20.4. The standard InChI is InChI=1S/C16H15N3OS/c1-16(2)12(8-17)14(20)19-15(13(16)9-18)21-10-11-6-4-3-5-7-11/h3-7,12H,10H2,1-2H3,(H,19,20)/t12-/m1/s1. The molecular formula is C16H15N3OS. The van der Waals surface area contributed by atoms with Gasteiger partial charge in [0.15, 0.2) is 0 Å². The number of carbonyl (C=O) groups excluding carboxylic acids is 1. The van der Waals surface area contributed by atoms with Crippen LogP contribution in [0, 0.1) is 34.0 Å². The fourth-order valence-electron chi connectivity index (χ4n) is 2.26. The topological polar surface area (TPSA) is 76.7 Å². The van der Waals surface area contributed by atoms with Gasteiger partial charge in [0.05, 0.1) is 22.7 Å². The maximum absolute atomic E-state index is 12.0. The maximum Gasteiger partial charge on any atom is 0.243 e. The lowest BCUT2D eigenvalue weighted by Crippen LogP contribution is -2.44. The maximum atomic E-state index is 12.0. The summed E-state index contributed by atoms with van der Waals surface area (Å²) in [6.07, 6.45) is 0. The molecule has 1 aliphatic heterocycles. The molecule has 1 aliphatic rings. The number of amides is 1. The summed E-state index contributed by atoms with van der Waals surface area (Å²) < 4.78 is 0. The predicted octanol–water partition coefficient (Wildman–Crippen LogP) is 2.95. The molecule has 0 radical (unpaired) electrons. The summed E-state index contributed by atoms with van der Waals surface area (Å²) in [5, 5.41) is 21.8. The largest absolute Gasteiger partial charge is 0.319 e. The zero-order valence-corrected chi connectivity index (χ0v) is 12.7. The molecule has 0 fully saturated rings. The van der Waals surface area contributed by atoms with Crippen molar-refractivity contribution in [1.82, 2.24) is 5.32 Å². The summed E-state index contributed by atoms with van der Waals surface area (Å²) in [5.74, 6) is -0.514. The smallest absolute Gasteiger partial charge is 0.243 e. The van der Waals surface area contributed by atoms with Crippen LogP contribution in [0.1, 0.15) is 19.4 Å². The van der Waals surface area contributed by atoms with Gasteiger partial charge in [-0.25, -0.2) is 0 Å². The summed E-state index contributed by atoms with van der Waals surface area (Å²) in [7, 11) is 0. The molecule has 1 N–H and O–H groups in total. The van der Waals surface area contributed by atoms with Gasteiger partial charge in [-0.1, -0.05) is 44.2 Å². The molecule has 4 nitrogen and oxygen atoms in total. The second-order valence-electron chi connectivity index (χ2n) is 5.36. The van der Waals surface area contributed by atoms with E-state index >= 15 is 0 Å². The first-order valence-corrected chi connectivity index (χ1v) is 7.51. The van der Waals surface area contributed by atoms with Crippen molar-refractivity contribution in [1.29, 1.82) is 10.5 Å². The van der Waals surface area contributed by atoms with Crippen molar-refractivity contribution < 1.29 is 4.79 Å². The van der Waals surface area contributed by atoms with E-state index < -0.39 is 11.3 Å². The van der Waals surface area contributed by atoms with Crippen molar-refractivity contribution in [2.75, 3.05) is 0 Å². The first-order chi connectivity index (χ1) is 10.0. The van der Waals surface area contributed by atoms with Crippen molar-refractivity contribution in [3.05, 3.63) is 46.5 Å². The minimum absolute atomic E-state index is 0.336. The molecule has 21 heavy (non-hydrogen) atoms. The molecule has 1 heterocycles. The van der Waals surface area contributed by atoms with Gasteiger partial charge < -0.3 is 5.32 Å². The summed E-state index contributed by atoms with van der Waals surface area (Å²) in [6, 6.07) is 14.0. The van der Waals surface area contributed by atoms with Crippen molar-refractivity contribution in [3.8, 4) is 12.1 Å². The lowest BCUT2D eigenvalue weighted by Gasteiger charge is -2.34. The predicted molar refractivity (Wildman–Crippen MR) is 81.4 cm³/mol. The highest BCUT2D eigenvalue weighted by atomic mass is 32.2. The van der Waals surface area contributed by atoms with Crippen LogP contribution in [0.3, 0.4) is 0 Å². The number of benzene rings is 1. The van der Waals surface area contributed by atoms with E-state index in [9.17, 15) is 10.1 Å². The second-order valence-corrected chi connectivity index (χ2v) is 6.35. The Morgan fingerprint density at radius 3 is 2.52 bits per heavy atom. The highest BCUT2D eigenvalue weighted by Crippen LogP contribution is 2.42. The Morgan fingerprint density at radius 2 is 1.95 bits per heavy atom. The van der Waals surface area contributed by atoms with Crippen LogP contribution in [-0.4, -0.2) is 5.91 Å². The van der Waals surface area contributed by atoms with Gasteiger partial charge >= 0.3 is 0 Å². The van der Waals surface area contributed by atoms with Gasteiger partial charge in [0, 0.05) is 11.2 Å². The molecule has 5 heteroatoms. The number of rotatable bonds is 3. The molecule has 0 aromatic heterocycles. The van der Waals surface area contributed by atoms with E-state index in [0.717, 1.165) is 5.56 Å². The van der Waals surface area contributed by atoms with Crippen LogP contribution in [0.5, 0.6) is 0 Å². The molecule has 0 saturated carbocycles. The minimum Gasteiger partial charge on any atom is -0.319 e. The van der Waals surface area contributed by atoms with Gasteiger partial charge in [0.1, 0.15) is 5.92 Å². The van der Waals surface area contributed by atoms with E-state index in [-0.39, 0.29) is 5.91 Å². The number of thioether (sulfide) groups is 1. The quantitative estimate of drug-likeness (QED) is 0.930. The Kier molecular flexibility index (Phi) is 4.35. The van der Waals surface area contributed by atoms with Crippen molar-refractivity contribution >= 4 is 17.7 Å². The highest BCUT2D eigenvalue weighted by molar-refractivity contribution is 8.02. The number of allylic oxidation sites excluding steroid dienone is 1. The summed E-state index contributed by atoms with van der Waals surface area (Å²) in [6.45, 7) is 3.53. The molecule has 2 rings (SSSR count). The Labute approximate surface area is 128 Å². The number of carbonyl (C=O) groups is 1. The SMILES string of the molecule is CC1(C)C(C#N)=C(SCc2ccccc2)NC(=O)[C@H]1C#N. The Bertz CT molecular complexity index is 665. The second kappa shape index (κ2) is 6.03. The fraction of sp³-hybridized carbons (Fsp3) is 0.312. The molecule has 0 bridgehead atoms. The van der Waals surface area contributed by atoms with Crippen LogP contribution >= 0.6 is 11.8 Å². The third-order valence-electron chi connectivity index (χ3n) is 3.56. The third-order valence-corrected chi connectivity index (χ3v) is 4.63. The number of nitriles is 2. The number of hydrogen-bond donors (Lipinski definition) is 1. The van der Waals surface area contributed by atoms with Crippen LogP contribution in [-0.2, 0) is 10.5 Å². The molecule has 0 unspecified atom stereocenters. The van der Waals surface area contributed by atoms with Crippen LogP contribution < -0.4 is 5.32 Å². The molecule has 0 spiro atoms. The van der Waals surface area contributed by atoms with E-state index in [2.05, 4.69) is 11.4 Å². The van der Waals surface area contributed by atoms with E-state index in [4.69, 9.17) is 5.26 Å². The summed E-state index contributed by atoms with van der Waals surface area (Å²) in [5.41, 5.74) is 0.807. The lowest BCUT2D eigenvalue weighted by atomic mass is 9.72. The van der Waals surface area contributed by atoms with Crippen LogP contribution in [0.4, 0.5) is 0 Å². The van der Waals surface area contributed by atoms with Gasteiger partial charge in [-0.3, -0.25) is 4.79 Å². The van der Waals surface area contributed by atoms with E-state index in [1.54, 1.807) is 13.8 Å². The first-order valence-electron chi connectivity index (χ1n) is 6.52. The van der Waals surface area contributed by atoms with Crippen LogP contribution in [0.25, 0.3) is 0 Å². The van der Waals surface area contributed by atoms with Gasteiger partial charge in [-0.05, 0) is 5.56 Å². The molecule has 1 atom stereocenters. The Balaban J connectivity index is 2.29. The fourth-order valence-corrected chi connectivity index (χ4v) is 3.39. The molecule has 0 aliphatic carbocycles. The molecule has 1 aromatic rings. The number of nitrogens with one attached hydrogen (secondary N) is 1. The number of hydrogen-bond acceptors (Lipinski definition) is 4. The van der Waals surface area contributed by atoms with Crippen LogP contribution in [0.2, 0.25) is 0 Å². The third kappa shape index (κ3) is 2.94. The Morgan fingerprint density at radius 1 is 1.29 bits per heavy atom. The van der Waals surface area contributed by atoms with Crippen molar-refractivity contribution in [2.45, 2.75) is 19.6 Å². The lowest BCUT2D eigenvalue weighted by molar-refractivity contribution is -0.125. The van der Waals surface area contributed by atoms with E-state index in [1.165, 1.54) is 11.8 Å². The monoisotopic (exact) mass is 297 g/mol. The van der Waals surface area contributed by atoms with E-state index in [0.29, 0.717) is 16.4 Å². The Hall–Kier alpha value is -2.24. The zero-order valence-electron chi connectivity index (χ0n) is 11.9. The molecule has 1 amide bonds. The number of nitrogens with zero attached hydrogens (tertiary/aromatic N) is 2. The minimum atomic E-state index is -0.840. The molecule has 1 aromatic carbocycles. The average molecular weight is 297 g/mol. The van der Waals surface area contributed by atoms with Crippen LogP contribution in [0.15, 0.2) is 40.9 Å². The molecular weight excluding hydrogens is 282 g/mol. The average Bonchev–Trinajstić information content (AvgIpc) is 2.45. The van der Waals surface area contributed by atoms with Gasteiger partial charge in [-0.2, -0.15) is 10.5 Å². The van der Waals surface area contributed by atoms with Crippen molar-refractivity contribution in [3.63, 3.8) is 0 Å². The summed E-state index contributed by atoms with van der Waals surface area (Å²) >= 11 is 1.42. The molecule has 106 valence electrons. The van der Waals surface area contributed by atoms with Gasteiger partial charge in [0.25, 0.3) is 0 Å². The highest BCUT2D eigenvalue weighted by Gasteiger charge is 2.44.